The molecule has 4 rings (SSSR count). The average molecular weight is 453 g/mol. The van der Waals surface area contributed by atoms with Gasteiger partial charge in [-0.1, -0.05) is 43.3 Å². The Kier molecular flexibility index (Phi) is 7.68. The highest BCUT2D eigenvalue weighted by atomic mass is 16.5. The van der Waals surface area contributed by atoms with Gasteiger partial charge in [-0.15, -0.1) is 0 Å². The van der Waals surface area contributed by atoms with Crippen LogP contribution in [0.2, 0.25) is 0 Å². The number of hydrogen-bond acceptors (Lipinski definition) is 5. The van der Waals surface area contributed by atoms with Gasteiger partial charge in [-0.2, -0.15) is 0 Å². The minimum Gasteiger partial charge on any atom is -0.491 e. The molecule has 0 unspecified atom stereocenters. The summed E-state index contributed by atoms with van der Waals surface area (Å²) in [7, 11) is 0. The summed E-state index contributed by atoms with van der Waals surface area (Å²) in [6, 6.07) is 16.6. The first-order valence-corrected chi connectivity index (χ1v) is 12.2. The Morgan fingerprint density at radius 3 is 2.52 bits per heavy atom. The lowest BCUT2D eigenvalue weighted by atomic mass is 9.71. The fourth-order valence-electron chi connectivity index (χ4n) is 5.50. The quantitative estimate of drug-likeness (QED) is 0.609. The van der Waals surface area contributed by atoms with Crippen LogP contribution in [0, 0.1) is 0 Å². The number of rotatable bonds is 9. The van der Waals surface area contributed by atoms with Crippen molar-refractivity contribution in [1.29, 1.82) is 0 Å². The Morgan fingerprint density at radius 2 is 1.85 bits per heavy atom. The third-order valence-electron chi connectivity index (χ3n) is 7.10. The van der Waals surface area contributed by atoms with E-state index < -0.39 is 0 Å². The van der Waals surface area contributed by atoms with Crippen molar-refractivity contribution in [3.05, 3.63) is 65.2 Å². The second-order valence-corrected chi connectivity index (χ2v) is 9.01. The van der Waals surface area contributed by atoms with Gasteiger partial charge in [0.15, 0.2) is 0 Å². The lowest BCUT2D eigenvalue weighted by Crippen LogP contribution is -2.50. The molecule has 1 aliphatic heterocycles. The number of nitrogens with zero attached hydrogens (tertiary/aromatic N) is 1. The number of benzene rings is 2. The Hall–Kier alpha value is -2.41. The average Bonchev–Trinajstić information content (AvgIpc) is 3.09. The van der Waals surface area contributed by atoms with E-state index in [0.29, 0.717) is 19.6 Å². The van der Waals surface area contributed by atoms with Gasteiger partial charge >= 0.3 is 0 Å². The van der Waals surface area contributed by atoms with Crippen LogP contribution in [0.15, 0.2) is 48.5 Å². The highest BCUT2D eigenvalue weighted by Gasteiger charge is 2.54. The molecule has 1 spiro atoms. The first-order chi connectivity index (χ1) is 16.1. The van der Waals surface area contributed by atoms with Crippen molar-refractivity contribution in [1.82, 2.24) is 10.2 Å². The summed E-state index contributed by atoms with van der Waals surface area (Å²) in [5.74, 6) is 0.855. The van der Waals surface area contributed by atoms with Crippen LogP contribution < -0.4 is 10.1 Å². The van der Waals surface area contributed by atoms with Crippen LogP contribution in [0.3, 0.4) is 0 Å². The van der Waals surface area contributed by atoms with Gasteiger partial charge in [0.1, 0.15) is 12.4 Å². The zero-order chi connectivity index (χ0) is 23.3. The number of aliphatic hydroxyl groups is 1. The molecule has 1 heterocycles. The summed E-state index contributed by atoms with van der Waals surface area (Å²) in [5, 5.41) is 12.2. The number of carbonyl (C=O) groups is 1. The van der Waals surface area contributed by atoms with Crippen LogP contribution in [0.25, 0.3) is 0 Å². The second-order valence-electron chi connectivity index (χ2n) is 9.01. The molecule has 178 valence electrons. The molecule has 0 radical (unpaired) electrons. The Balaban J connectivity index is 1.49. The number of piperidine rings is 1. The molecule has 1 saturated heterocycles. The SMILES string of the molecule is CCO[C@H]1[C@H](NC(=O)CC)c2ccccc2C12CCN(Cc1ccc(OCCO)cc1)CC2. The third kappa shape index (κ3) is 4.93. The number of aliphatic hydroxyl groups excluding tert-OH is 1. The van der Waals surface area contributed by atoms with E-state index in [4.69, 9.17) is 14.6 Å². The Morgan fingerprint density at radius 1 is 1.12 bits per heavy atom. The predicted molar refractivity (Wildman–Crippen MR) is 128 cm³/mol. The second kappa shape index (κ2) is 10.7. The van der Waals surface area contributed by atoms with Gasteiger partial charge in [0.25, 0.3) is 0 Å². The van der Waals surface area contributed by atoms with Crippen LogP contribution >= 0.6 is 0 Å². The van der Waals surface area contributed by atoms with Gasteiger partial charge in [0, 0.05) is 25.0 Å². The summed E-state index contributed by atoms with van der Waals surface area (Å²) < 4.78 is 11.8. The molecule has 1 fully saturated rings. The minimum absolute atomic E-state index is 0.0200. The van der Waals surface area contributed by atoms with Crippen LogP contribution in [0.4, 0.5) is 0 Å². The topological polar surface area (TPSA) is 71.0 Å². The minimum atomic E-state index is -0.0911. The van der Waals surface area contributed by atoms with E-state index in [2.05, 4.69) is 46.6 Å². The number of nitrogens with one attached hydrogen (secondary N) is 1. The molecule has 2 atom stereocenters. The van der Waals surface area contributed by atoms with E-state index in [1.165, 1.54) is 16.7 Å². The van der Waals surface area contributed by atoms with Crippen LogP contribution in [0.1, 0.15) is 55.8 Å². The van der Waals surface area contributed by atoms with Crippen LogP contribution in [0.5, 0.6) is 5.75 Å². The first-order valence-electron chi connectivity index (χ1n) is 12.2. The molecule has 2 aromatic rings. The van der Waals surface area contributed by atoms with Gasteiger partial charge < -0.3 is 19.9 Å². The van der Waals surface area contributed by atoms with Crippen LogP contribution in [-0.4, -0.2) is 54.9 Å². The van der Waals surface area contributed by atoms with E-state index >= 15 is 0 Å². The number of hydrogen-bond donors (Lipinski definition) is 2. The summed E-state index contributed by atoms with van der Waals surface area (Å²) >= 11 is 0. The number of likely N-dealkylation sites (tertiary alicyclic amines) is 1. The smallest absolute Gasteiger partial charge is 0.220 e. The largest absolute Gasteiger partial charge is 0.491 e. The zero-order valence-corrected chi connectivity index (χ0v) is 19.8. The maximum absolute atomic E-state index is 12.3. The number of amides is 1. The summed E-state index contributed by atoms with van der Waals surface area (Å²) in [5.41, 5.74) is 3.74. The number of ether oxygens (including phenoxy) is 2. The summed E-state index contributed by atoms with van der Waals surface area (Å²) in [4.78, 5) is 14.8. The van der Waals surface area contributed by atoms with Crippen molar-refractivity contribution in [3.8, 4) is 5.75 Å². The lowest BCUT2D eigenvalue weighted by molar-refractivity contribution is -0.123. The van der Waals surface area contributed by atoms with Crippen molar-refractivity contribution < 1.29 is 19.4 Å². The molecular weight excluding hydrogens is 416 g/mol. The molecule has 2 aliphatic rings. The fraction of sp³-hybridized carbons (Fsp3) is 0.519. The van der Waals surface area contributed by atoms with E-state index in [-0.39, 0.29) is 30.1 Å². The highest BCUT2D eigenvalue weighted by Crippen LogP contribution is 2.52. The molecular formula is C27H36N2O4. The monoisotopic (exact) mass is 452 g/mol. The van der Waals surface area contributed by atoms with Crippen molar-refractivity contribution in [3.63, 3.8) is 0 Å². The van der Waals surface area contributed by atoms with Gasteiger partial charge in [0.05, 0.1) is 18.8 Å². The van der Waals surface area contributed by atoms with E-state index in [0.717, 1.165) is 38.2 Å². The zero-order valence-electron chi connectivity index (χ0n) is 19.8. The van der Waals surface area contributed by atoms with E-state index in [1.54, 1.807) is 0 Å². The molecule has 6 nitrogen and oxygen atoms in total. The molecule has 0 bridgehead atoms. The molecule has 2 N–H and O–H groups in total. The molecule has 33 heavy (non-hydrogen) atoms. The van der Waals surface area contributed by atoms with Gasteiger partial charge in [-0.05, 0) is 61.7 Å². The molecule has 1 aliphatic carbocycles. The standard InChI is InChI=1S/C27H36N2O4/c1-3-24(31)28-25-22-7-5-6-8-23(22)27(26(25)32-4-2)13-15-29(16-14-27)19-20-9-11-21(12-10-20)33-18-17-30/h5-12,25-26,30H,3-4,13-19H2,1-2H3,(H,28,31)/t25-,26+/m1/s1. The third-order valence-corrected chi connectivity index (χ3v) is 7.10. The summed E-state index contributed by atoms with van der Waals surface area (Å²) in [6.07, 6.45) is 2.44. The Bertz CT molecular complexity index is 922. The van der Waals surface area contributed by atoms with E-state index in [9.17, 15) is 4.79 Å². The van der Waals surface area contributed by atoms with Gasteiger partial charge in [0.2, 0.25) is 5.91 Å². The molecule has 1 amide bonds. The van der Waals surface area contributed by atoms with Crippen molar-refractivity contribution in [2.45, 2.75) is 57.2 Å². The summed E-state index contributed by atoms with van der Waals surface area (Å²) in [6.45, 7) is 7.76. The first kappa shape index (κ1) is 23.7. The van der Waals surface area contributed by atoms with Crippen molar-refractivity contribution >= 4 is 5.91 Å². The maximum atomic E-state index is 12.3. The highest BCUT2D eigenvalue weighted by molar-refractivity contribution is 5.76. The van der Waals surface area contributed by atoms with Gasteiger partial charge in [-0.3, -0.25) is 9.69 Å². The number of carbonyl (C=O) groups excluding carboxylic acids is 1. The lowest BCUT2D eigenvalue weighted by Gasteiger charge is -2.44. The van der Waals surface area contributed by atoms with Crippen molar-refractivity contribution in [2.75, 3.05) is 32.9 Å². The van der Waals surface area contributed by atoms with Gasteiger partial charge in [-0.25, -0.2) is 0 Å². The molecule has 0 saturated carbocycles. The Labute approximate surface area is 196 Å². The number of fused-ring (bicyclic) bond motifs is 2. The van der Waals surface area contributed by atoms with E-state index in [1.807, 2.05) is 26.0 Å². The van der Waals surface area contributed by atoms with Crippen LogP contribution in [-0.2, 0) is 21.5 Å². The predicted octanol–water partition coefficient (Wildman–Crippen LogP) is 3.58. The normalized spacial score (nSPS) is 21.7. The van der Waals surface area contributed by atoms with Crippen molar-refractivity contribution in [2.24, 2.45) is 0 Å². The molecule has 0 aromatic heterocycles. The molecule has 2 aromatic carbocycles. The molecule has 6 heteroatoms. The fourth-order valence-corrected chi connectivity index (χ4v) is 5.50. The maximum Gasteiger partial charge on any atom is 0.220 e.